The average molecular weight is 389 g/mol. The minimum Gasteiger partial charge on any atom is -0.462 e. The Kier molecular flexibility index (Phi) is 5.21. The first-order valence-corrected chi connectivity index (χ1v) is 7.44. The van der Waals surface area contributed by atoms with Crippen molar-refractivity contribution in [3.63, 3.8) is 0 Å². The van der Waals surface area contributed by atoms with E-state index in [1.807, 2.05) is 31.3 Å². The molecule has 0 saturated carbocycles. The largest absolute Gasteiger partial charge is 0.462 e. The summed E-state index contributed by atoms with van der Waals surface area (Å²) in [4.78, 5) is 0. The van der Waals surface area contributed by atoms with Gasteiger partial charge in [0.25, 0.3) is 0 Å². The summed E-state index contributed by atoms with van der Waals surface area (Å²) < 4.78 is 12.9. The minimum absolute atomic E-state index is 0.00748. The van der Waals surface area contributed by atoms with E-state index >= 15 is 0 Å². The van der Waals surface area contributed by atoms with Crippen molar-refractivity contribution in [1.29, 1.82) is 0 Å². The molecule has 0 bridgehead atoms. The highest BCUT2D eigenvalue weighted by atomic mass is 79.9. The van der Waals surface area contributed by atoms with Crippen molar-refractivity contribution in [3.05, 3.63) is 56.4 Å². The second-order valence-electron chi connectivity index (χ2n) is 4.12. The molecule has 0 radical (unpaired) electrons. The van der Waals surface area contributed by atoms with Crippen molar-refractivity contribution in [2.75, 3.05) is 14.2 Å². The van der Waals surface area contributed by atoms with E-state index in [9.17, 15) is 0 Å². The molecule has 0 spiro atoms. The van der Waals surface area contributed by atoms with E-state index in [1.165, 1.54) is 0 Å². The molecule has 2 rings (SSSR count). The lowest BCUT2D eigenvalue weighted by atomic mass is 10.1. The summed E-state index contributed by atoms with van der Waals surface area (Å²) in [5.74, 6) is 1.70. The van der Waals surface area contributed by atoms with Gasteiger partial charge in [0.05, 0.1) is 6.04 Å². The molecular formula is C14H15Br2NO2. The molecule has 0 aliphatic carbocycles. The summed E-state index contributed by atoms with van der Waals surface area (Å²) in [6.07, 6.45) is 0. The van der Waals surface area contributed by atoms with E-state index in [0.717, 1.165) is 26.0 Å². The molecule has 102 valence electrons. The number of halogens is 2. The average Bonchev–Trinajstić information content (AvgIpc) is 2.82. The molecule has 0 fully saturated rings. The molecule has 0 saturated heterocycles. The summed E-state index contributed by atoms with van der Waals surface area (Å²) in [5.41, 5.74) is 1.13. The normalized spacial score (nSPS) is 12.6. The van der Waals surface area contributed by atoms with Gasteiger partial charge in [0, 0.05) is 16.1 Å². The van der Waals surface area contributed by atoms with Crippen molar-refractivity contribution >= 4 is 31.9 Å². The summed E-state index contributed by atoms with van der Waals surface area (Å²) in [6.45, 7) is 0.484. The van der Waals surface area contributed by atoms with Crippen molar-refractivity contribution in [1.82, 2.24) is 5.32 Å². The Morgan fingerprint density at radius 2 is 2.05 bits per heavy atom. The monoisotopic (exact) mass is 387 g/mol. The maximum absolute atomic E-state index is 5.80. The van der Waals surface area contributed by atoms with Crippen LogP contribution in [0.25, 0.3) is 0 Å². The van der Waals surface area contributed by atoms with Crippen LogP contribution in [0.5, 0.6) is 0 Å². The Morgan fingerprint density at radius 3 is 2.68 bits per heavy atom. The smallest absolute Gasteiger partial charge is 0.129 e. The molecule has 1 aromatic carbocycles. The molecule has 0 aliphatic heterocycles. The highest BCUT2D eigenvalue weighted by molar-refractivity contribution is 9.11. The summed E-state index contributed by atoms with van der Waals surface area (Å²) in [7, 11) is 3.57. The summed E-state index contributed by atoms with van der Waals surface area (Å²) in [5, 5.41) is 3.27. The number of benzene rings is 1. The van der Waals surface area contributed by atoms with Gasteiger partial charge in [-0.2, -0.15) is 0 Å². The highest BCUT2D eigenvalue weighted by Gasteiger charge is 2.18. The lowest BCUT2D eigenvalue weighted by Crippen LogP contribution is -2.17. The van der Waals surface area contributed by atoms with Gasteiger partial charge in [-0.15, -0.1) is 0 Å². The maximum atomic E-state index is 5.80. The molecule has 19 heavy (non-hydrogen) atoms. The van der Waals surface area contributed by atoms with E-state index in [1.54, 1.807) is 7.11 Å². The highest BCUT2D eigenvalue weighted by Crippen LogP contribution is 2.31. The molecular weight excluding hydrogens is 374 g/mol. The fraction of sp³-hybridized carbons (Fsp3) is 0.286. The van der Waals surface area contributed by atoms with Crippen LogP contribution in [0.4, 0.5) is 0 Å². The summed E-state index contributed by atoms with van der Waals surface area (Å²) in [6, 6.07) is 10.0. The minimum atomic E-state index is 0.00748. The molecule has 1 unspecified atom stereocenters. The van der Waals surface area contributed by atoms with Crippen LogP contribution in [-0.2, 0) is 11.3 Å². The lowest BCUT2D eigenvalue weighted by molar-refractivity contribution is 0.162. The SMILES string of the molecule is CNC(c1ccc(COC)o1)c1ccc(Br)cc1Br. The Morgan fingerprint density at radius 1 is 1.26 bits per heavy atom. The standard InChI is InChI=1S/C14H15Br2NO2/c1-17-14(11-5-3-9(15)7-12(11)16)13-6-4-10(19-13)8-18-2/h3-7,14,17H,8H2,1-2H3. The van der Waals surface area contributed by atoms with Crippen LogP contribution < -0.4 is 5.32 Å². The van der Waals surface area contributed by atoms with Crippen molar-refractivity contribution in [2.45, 2.75) is 12.6 Å². The van der Waals surface area contributed by atoms with Gasteiger partial charge in [-0.25, -0.2) is 0 Å². The van der Waals surface area contributed by atoms with Crippen LogP contribution in [-0.4, -0.2) is 14.2 Å². The fourth-order valence-corrected chi connectivity index (χ4v) is 3.23. The number of methoxy groups -OCH3 is 1. The summed E-state index contributed by atoms with van der Waals surface area (Å²) >= 11 is 7.04. The predicted octanol–water partition coefficient (Wildman–Crippen LogP) is 4.26. The molecule has 1 heterocycles. The first-order valence-electron chi connectivity index (χ1n) is 5.85. The van der Waals surface area contributed by atoms with Crippen LogP contribution in [0, 0.1) is 0 Å². The number of rotatable bonds is 5. The molecule has 5 heteroatoms. The second kappa shape index (κ2) is 6.70. The molecule has 3 nitrogen and oxygen atoms in total. The van der Waals surface area contributed by atoms with Crippen molar-refractivity contribution in [3.8, 4) is 0 Å². The zero-order valence-corrected chi connectivity index (χ0v) is 13.9. The van der Waals surface area contributed by atoms with Crippen molar-refractivity contribution < 1.29 is 9.15 Å². The fourth-order valence-electron chi connectivity index (χ4n) is 1.96. The van der Waals surface area contributed by atoms with Crippen molar-refractivity contribution in [2.24, 2.45) is 0 Å². The Hall–Kier alpha value is -0.620. The predicted molar refractivity (Wildman–Crippen MR) is 82.2 cm³/mol. The first-order chi connectivity index (χ1) is 9.15. The number of hydrogen-bond donors (Lipinski definition) is 1. The zero-order valence-electron chi connectivity index (χ0n) is 10.7. The molecule has 1 atom stereocenters. The molecule has 0 amide bonds. The number of nitrogens with one attached hydrogen (secondary N) is 1. The molecule has 1 aromatic heterocycles. The van der Waals surface area contributed by atoms with E-state index < -0.39 is 0 Å². The zero-order chi connectivity index (χ0) is 13.8. The van der Waals surface area contributed by atoms with E-state index in [2.05, 4.69) is 43.2 Å². The van der Waals surface area contributed by atoms with Gasteiger partial charge >= 0.3 is 0 Å². The Bertz CT molecular complexity index is 554. The van der Waals surface area contributed by atoms with Crippen LogP contribution in [0.2, 0.25) is 0 Å². The van der Waals surface area contributed by atoms with Gasteiger partial charge < -0.3 is 14.5 Å². The maximum Gasteiger partial charge on any atom is 0.129 e. The Labute approximate surface area is 129 Å². The van der Waals surface area contributed by atoms with Crippen LogP contribution in [0.1, 0.15) is 23.1 Å². The van der Waals surface area contributed by atoms with Gasteiger partial charge in [-0.1, -0.05) is 37.9 Å². The third kappa shape index (κ3) is 3.48. The molecule has 2 aromatic rings. The van der Waals surface area contributed by atoms with Crippen LogP contribution in [0.3, 0.4) is 0 Å². The third-order valence-corrected chi connectivity index (χ3v) is 4.00. The van der Waals surface area contributed by atoms with Gasteiger partial charge in [-0.3, -0.25) is 0 Å². The van der Waals surface area contributed by atoms with Gasteiger partial charge in [-0.05, 0) is 36.9 Å². The van der Waals surface area contributed by atoms with Gasteiger partial charge in [0.2, 0.25) is 0 Å². The number of hydrogen-bond acceptors (Lipinski definition) is 3. The number of ether oxygens (including phenoxy) is 1. The number of furan rings is 1. The second-order valence-corrected chi connectivity index (χ2v) is 5.89. The van der Waals surface area contributed by atoms with Gasteiger partial charge in [0.1, 0.15) is 18.1 Å². The topological polar surface area (TPSA) is 34.4 Å². The Balaban J connectivity index is 2.32. The molecule has 0 aliphatic rings. The molecule has 1 N–H and O–H groups in total. The van der Waals surface area contributed by atoms with Crippen LogP contribution >= 0.6 is 31.9 Å². The first kappa shape index (κ1) is 14.8. The van der Waals surface area contributed by atoms with E-state index in [4.69, 9.17) is 9.15 Å². The third-order valence-electron chi connectivity index (χ3n) is 2.82. The van der Waals surface area contributed by atoms with E-state index in [0.29, 0.717) is 6.61 Å². The van der Waals surface area contributed by atoms with Gasteiger partial charge in [0.15, 0.2) is 0 Å². The van der Waals surface area contributed by atoms with E-state index in [-0.39, 0.29) is 6.04 Å². The van der Waals surface area contributed by atoms with Crippen LogP contribution in [0.15, 0.2) is 43.7 Å². The quantitative estimate of drug-likeness (QED) is 0.830. The lowest BCUT2D eigenvalue weighted by Gasteiger charge is -2.16.